The van der Waals surface area contributed by atoms with Gasteiger partial charge in [0.25, 0.3) is 0 Å². The number of carbonyl (C=O) groups is 2. The highest BCUT2D eigenvalue weighted by Gasteiger charge is 2.39. The van der Waals surface area contributed by atoms with Crippen molar-refractivity contribution in [2.45, 2.75) is 45.2 Å². The third kappa shape index (κ3) is 5.04. The summed E-state index contributed by atoms with van der Waals surface area (Å²) in [5.74, 6) is -0.397. The molecular weight excluding hydrogens is 364 g/mol. The minimum absolute atomic E-state index is 0.00678. The second-order valence-corrected chi connectivity index (χ2v) is 8.47. The summed E-state index contributed by atoms with van der Waals surface area (Å²) >= 11 is 0. The zero-order valence-electron chi connectivity index (χ0n) is 17.4. The molecule has 0 aliphatic carbocycles. The molecule has 0 radical (unpaired) electrons. The molecule has 5 heteroatoms. The fourth-order valence-electron chi connectivity index (χ4n) is 3.97. The third-order valence-corrected chi connectivity index (χ3v) is 6.00. The van der Waals surface area contributed by atoms with Crippen LogP contribution in [0, 0.1) is 5.92 Å². The number of nitrogens with one attached hydrogen (secondary N) is 1. The lowest BCUT2D eigenvalue weighted by atomic mass is 9.97. The number of carbonyl (C=O) groups excluding carboxylic acids is 1. The first-order valence-corrected chi connectivity index (χ1v) is 10.2. The van der Waals surface area contributed by atoms with Crippen LogP contribution < -0.4 is 5.32 Å². The van der Waals surface area contributed by atoms with Crippen molar-refractivity contribution in [3.8, 4) is 0 Å². The highest BCUT2D eigenvalue weighted by Crippen LogP contribution is 2.28. The summed E-state index contributed by atoms with van der Waals surface area (Å²) in [5.41, 5.74) is 1.89. The van der Waals surface area contributed by atoms with Gasteiger partial charge in [-0.1, -0.05) is 42.5 Å². The minimum atomic E-state index is -0.950. The molecule has 2 aromatic carbocycles. The van der Waals surface area contributed by atoms with E-state index in [1.165, 1.54) is 5.56 Å². The summed E-state index contributed by atoms with van der Waals surface area (Å²) in [6.45, 7) is 7.71. The van der Waals surface area contributed by atoms with Gasteiger partial charge in [0.1, 0.15) is 0 Å². The van der Waals surface area contributed by atoms with Crippen molar-refractivity contribution in [3.05, 3.63) is 71.3 Å². The van der Waals surface area contributed by atoms with Gasteiger partial charge < -0.3 is 10.4 Å². The molecule has 3 rings (SSSR count). The van der Waals surface area contributed by atoms with Gasteiger partial charge >= 0.3 is 5.97 Å². The van der Waals surface area contributed by atoms with E-state index in [9.17, 15) is 9.59 Å². The van der Waals surface area contributed by atoms with Crippen LogP contribution in [0.15, 0.2) is 54.6 Å². The maximum atomic E-state index is 13.0. The van der Waals surface area contributed by atoms with Crippen LogP contribution in [-0.4, -0.2) is 40.5 Å². The first-order valence-electron chi connectivity index (χ1n) is 10.2. The molecule has 154 valence electrons. The van der Waals surface area contributed by atoms with Crippen LogP contribution >= 0.6 is 0 Å². The van der Waals surface area contributed by atoms with E-state index < -0.39 is 11.5 Å². The van der Waals surface area contributed by atoms with Gasteiger partial charge in [-0.3, -0.25) is 9.69 Å². The van der Waals surface area contributed by atoms with E-state index in [2.05, 4.69) is 34.5 Å². The molecule has 1 fully saturated rings. The Kier molecular flexibility index (Phi) is 6.38. The number of aromatic carboxylic acids is 1. The van der Waals surface area contributed by atoms with Gasteiger partial charge in [0.15, 0.2) is 0 Å². The quantitative estimate of drug-likeness (QED) is 0.747. The number of amides is 1. The summed E-state index contributed by atoms with van der Waals surface area (Å²) in [6, 6.07) is 17.0. The van der Waals surface area contributed by atoms with Gasteiger partial charge in [-0.15, -0.1) is 0 Å². The molecule has 0 bridgehead atoms. The number of rotatable bonds is 7. The first-order chi connectivity index (χ1) is 13.8. The summed E-state index contributed by atoms with van der Waals surface area (Å²) < 4.78 is 0. The molecule has 1 heterocycles. The van der Waals surface area contributed by atoms with Crippen molar-refractivity contribution in [3.63, 3.8) is 0 Å². The summed E-state index contributed by atoms with van der Waals surface area (Å²) in [6.07, 6.45) is 2.14. The fraction of sp³-hybridized carbons (Fsp3) is 0.417. The smallest absolute Gasteiger partial charge is 0.335 e. The van der Waals surface area contributed by atoms with Gasteiger partial charge in [0.05, 0.1) is 17.1 Å². The van der Waals surface area contributed by atoms with Gasteiger partial charge in [-0.25, -0.2) is 4.79 Å². The second kappa shape index (κ2) is 8.78. The molecule has 1 aliphatic heterocycles. The standard InChI is InChI=1S/C24H30N2O3/c1-17(20-9-11-21(12-10-20)22(27)28)25-23(29)24(2,3)26-14-13-19(16-26)15-18-7-5-4-6-8-18/h4-12,17,19H,13-16H2,1-3H3,(H,25,29)(H,27,28)/t17-,19?/m0/s1. The predicted molar refractivity (Wildman–Crippen MR) is 114 cm³/mol. The van der Waals surface area contributed by atoms with Crippen molar-refractivity contribution in [2.24, 2.45) is 5.92 Å². The van der Waals surface area contributed by atoms with E-state index >= 15 is 0 Å². The minimum Gasteiger partial charge on any atom is -0.478 e. The topological polar surface area (TPSA) is 69.6 Å². The van der Waals surface area contributed by atoms with Gasteiger partial charge in [0.2, 0.25) is 5.91 Å². The maximum absolute atomic E-state index is 13.0. The molecule has 1 unspecified atom stereocenters. The van der Waals surface area contributed by atoms with Crippen LogP contribution in [0.1, 0.15) is 54.7 Å². The Balaban J connectivity index is 1.58. The molecule has 2 aromatic rings. The van der Waals surface area contributed by atoms with Crippen molar-refractivity contribution >= 4 is 11.9 Å². The van der Waals surface area contributed by atoms with E-state index in [-0.39, 0.29) is 17.5 Å². The fourth-order valence-corrected chi connectivity index (χ4v) is 3.97. The molecule has 0 saturated carbocycles. The molecule has 0 spiro atoms. The van der Waals surface area contributed by atoms with E-state index in [0.717, 1.165) is 31.5 Å². The Labute approximate surface area is 172 Å². The molecule has 29 heavy (non-hydrogen) atoms. The summed E-state index contributed by atoms with van der Waals surface area (Å²) in [4.78, 5) is 26.3. The largest absolute Gasteiger partial charge is 0.478 e. The molecule has 1 saturated heterocycles. The van der Waals surface area contributed by atoms with Crippen molar-refractivity contribution in [2.75, 3.05) is 13.1 Å². The molecule has 5 nitrogen and oxygen atoms in total. The first kappa shape index (κ1) is 21.1. The number of nitrogens with zero attached hydrogens (tertiary/aromatic N) is 1. The zero-order chi connectivity index (χ0) is 21.0. The second-order valence-electron chi connectivity index (χ2n) is 8.47. The number of carboxylic acid groups (broad SMARTS) is 1. The number of benzene rings is 2. The predicted octanol–water partition coefficient (Wildman–Crippen LogP) is 3.91. The number of hydrogen-bond donors (Lipinski definition) is 2. The lowest BCUT2D eigenvalue weighted by molar-refractivity contribution is -0.131. The highest BCUT2D eigenvalue weighted by molar-refractivity contribution is 5.88. The molecule has 1 aliphatic rings. The lowest BCUT2D eigenvalue weighted by Gasteiger charge is -2.35. The van der Waals surface area contributed by atoms with Crippen molar-refractivity contribution < 1.29 is 14.7 Å². The Morgan fingerprint density at radius 3 is 2.41 bits per heavy atom. The summed E-state index contributed by atoms with van der Waals surface area (Å²) in [5, 5.41) is 12.1. The molecular formula is C24H30N2O3. The van der Waals surface area contributed by atoms with Crippen LogP contribution in [0.2, 0.25) is 0 Å². The number of likely N-dealkylation sites (tertiary alicyclic amines) is 1. The molecule has 2 N–H and O–H groups in total. The van der Waals surface area contributed by atoms with Gasteiger partial charge in [-0.05, 0) is 69.3 Å². The number of hydrogen-bond acceptors (Lipinski definition) is 3. The third-order valence-electron chi connectivity index (χ3n) is 6.00. The monoisotopic (exact) mass is 394 g/mol. The van der Waals surface area contributed by atoms with Gasteiger partial charge in [-0.2, -0.15) is 0 Å². The lowest BCUT2D eigenvalue weighted by Crippen LogP contribution is -2.54. The zero-order valence-corrected chi connectivity index (χ0v) is 17.4. The van der Waals surface area contributed by atoms with E-state index in [1.54, 1.807) is 24.3 Å². The maximum Gasteiger partial charge on any atom is 0.335 e. The van der Waals surface area contributed by atoms with Crippen LogP contribution in [0.4, 0.5) is 0 Å². The van der Waals surface area contributed by atoms with E-state index in [4.69, 9.17) is 5.11 Å². The summed E-state index contributed by atoms with van der Waals surface area (Å²) in [7, 11) is 0. The molecule has 0 aromatic heterocycles. The Morgan fingerprint density at radius 1 is 1.14 bits per heavy atom. The SMILES string of the molecule is C[C@H](NC(=O)C(C)(C)N1CCC(Cc2ccccc2)C1)c1ccc(C(=O)O)cc1. The molecule has 2 atom stereocenters. The van der Waals surface area contributed by atoms with Crippen LogP contribution in [0.3, 0.4) is 0 Å². The van der Waals surface area contributed by atoms with Crippen LogP contribution in [0.5, 0.6) is 0 Å². The average Bonchev–Trinajstić information content (AvgIpc) is 3.18. The Bertz CT molecular complexity index is 846. The van der Waals surface area contributed by atoms with E-state index in [0.29, 0.717) is 5.92 Å². The Morgan fingerprint density at radius 2 is 1.79 bits per heavy atom. The van der Waals surface area contributed by atoms with E-state index in [1.807, 2.05) is 26.8 Å². The van der Waals surface area contributed by atoms with Crippen LogP contribution in [-0.2, 0) is 11.2 Å². The molecule has 1 amide bonds. The van der Waals surface area contributed by atoms with Crippen molar-refractivity contribution in [1.29, 1.82) is 0 Å². The average molecular weight is 395 g/mol. The normalized spacial score (nSPS) is 18.4. The van der Waals surface area contributed by atoms with Crippen molar-refractivity contribution in [1.82, 2.24) is 10.2 Å². The Hall–Kier alpha value is -2.66. The van der Waals surface area contributed by atoms with Gasteiger partial charge in [0, 0.05) is 6.54 Å². The highest BCUT2D eigenvalue weighted by atomic mass is 16.4. The number of carboxylic acids is 1. The van der Waals surface area contributed by atoms with Crippen LogP contribution in [0.25, 0.3) is 0 Å².